The lowest BCUT2D eigenvalue weighted by atomic mass is 10.1. The summed E-state index contributed by atoms with van der Waals surface area (Å²) < 4.78 is 0. The van der Waals surface area contributed by atoms with Gasteiger partial charge in [-0.25, -0.2) is 0 Å². The summed E-state index contributed by atoms with van der Waals surface area (Å²) in [5.74, 6) is 0.301. The van der Waals surface area contributed by atoms with Crippen molar-refractivity contribution in [2.75, 3.05) is 11.1 Å². The molecule has 0 aliphatic heterocycles. The fourth-order valence-corrected chi connectivity index (χ4v) is 2.00. The Bertz CT molecular complexity index is 755. The van der Waals surface area contributed by atoms with Crippen LogP contribution in [-0.4, -0.2) is 21.1 Å². The first-order valence-corrected chi connectivity index (χ1v) is 5.83. The first-order valence-electron chi connectivity index (χ1n) is 5.83. The minimum absolute atomic E-state index is 0.206. The van der Waals surface area contributed by atoms with E-state index in [-0.39, 0.29) is 5.91 Å². The average molecular weight is 255 g/mol. The molecule has 3 rings (SSSR count). The predicted molar refractivity (Wildman–Crippen MR) is 74.0 cm³/mol. The van der Waals surface area contributed by atoms with E-state index in [4.69, 9.17) is 5.73 Å². The Kier molecular flexibility index (Phi) is 2.49. The molecule has 2 aromatic heterocycles. The summed E-state index contributed by atoms with van der Waals surface area (Å²) in [5.41, 5.74) is 8.65. The number of benzene rings is 1. The van der Waals surface area contributed by atoms with Gasteiger partial charge < -0.3 is 16.0 Å². The lowest BCUT2D eigenvalue weighted by Crippen LogP contribution is -2.11. The Morgan fingerprint density at radius 2 is 2.21 bits per heavy atom. The number of nitrogens with zero attached hydrogens (tertiary/aromatic N) is 1. The summed E-state index contributed by atoms with van der Waals surface area (Å²) >= 11 is 0. The predicted octanol–water partition coefficient (Wildman–Crippen LogP) is 2.03. The number of hydrogen-bond acceptors (Lipinski definition) is 3. The van der Waals surface area contributed by atoms with Crippen LogP contribution in [0.15, 0.2) is 30.5 Å². The number of nitrogens with two attached hydrogens (primary N) is 1. The Morgan fingerprint density at radius 1 is 1.37 bits per heavy atom. The average Bonchev–Trinajstić information content (AvgIpc) is 2.95. The quantitative estimate of drug-likeness (QED) is 0.527. The summed E-state index contributed by atoms with van der Waals surface area (Å²) in [7, 11) is 0. The molecular formula is C13H13N5O. The van der Waals surface area contributed by atoms with Crippen molar-refractivity contribution >= 4 is 28.3 Å². The highest BCUT2D eigenvalue weighted by molar-refractivity contribution is 6.12. The second-order valence-corrected chi connectivity index (χ2v) is 4.40. The standard InChI is InChI=1S/C13H13N5O/c1-7-4-12(18-17-7)16-13(19)10-6-15-11-5-8(14)2-3-9(10)11/h2-6,15H,14H2,1H3,(H2,16,17,18,19). The Hall–Kier alpha value is -2.76. The van der Waals surface area contributed by atoms with E-state index in [9.17, 15) is 4.79 Å². The van der Waals surface area contributed by atoms with Gasteiger partial charge in [-0.15, -0.1) is 0 Å². The van der Waals surface area contributed by atoms with Gasteiger partial charge in [-0.2, -0.15) is 5.10 Å². The molecule has 0 aliphatic rings. The third-order valence-corrected chi connectivity index (χ3v) is 2.90. The summed E-state index contributed by atoms with van der Waals surface area (Å²) in [6.07, 6.45) is 1.67. The molecule has 19 heavy (non-hydrogen) atoms. The molecule has 0 atom stereocenters. The highest BCUT2D eigenvalue weighted by Gasteiger charge is 2.13. The molecule has 0 spiro atoms. The van der Waals surface area contributed by atoms with Crippen molar-refractivity contribution in [1.29, 1.82) is 0 Å². The number of rotatable bonds is 2. The van der Waals surface area contributed by atoms with Gasteiger partial charge in [0.05, 0.1) is 5.56 Å². The molecule has 2 heterocycles. The smallest absolute Gasteiger partial charge is 0.259 e. The normalized spacial score (nSPS) is 10.8. The van der Waals surface area contributed by atoms with Crippen LogP contribution in [0, 0.1) is 6.92 Å². The van der Waals surface area contributed by atoms with Gasteiger partial charge in [-0.05, 0) is 25.1 Å². The molecule has 1 amide bonds. The van der Waals surface area contributed by atoms with E-state index in [1.807, 2.05) is 13.0 Å². The van der Waals surface area contributed by atoms with Crippen LogP contribution < -0.4 is 11.1 Å². The molecule has 0 radical (unpaired) electrons. The molecule has 0 saturated carbocycles. The van der Waals surface area contributed by atoms with Crippen molar-refractivity contribution in [2.45, 2.75) is 6.92 Å². The van der Waals surface area contributed by atoms with Gasteiger partial charge in [0.25, 0.3) is 5.91 Å². The summed E-state index contributed by atoms with van der Waals surface area (Å²) in [5, 5.41) is 10.3. The lowest BCUT2D eigenvalue weighted by molar-refractivity contribution is 0.102. The minimum Gasteiger partial charge on any atom is -0.399 e. The number of hydrogen-bond donors (Lipinski definition) is 4. The number of nitrogen functional groups attached to an aromatic ring is 1. The number of anilines is 2. The van der Waals surface area contributed by atoms with E-state index in [0.29, 0.717) is 17.1 Å². The van der Waals surface area contributed by atoms with Crippen LogP contribution in [0.2, 0.25) is 0 Å². The third-order valence-electron chi connectivity index (χ3n) is 2.90. The second-order valence-electron chi connectivity index (χ2n) is 4.40. The largest absolute Gasteiger partial charge is 0.399 e. The van der Waals surface area contributed by atoms with Gasteiger partial charge >= 0.3 is 0 Å². The van der Waals surface area contributed by atoms with Crippen molar-refractivity contribution in [3.63, 3.8) is 0 Å². The number of H-pyrrole nitrogens is 2. The molecule has 0 fully saturated rings. The molecule has 0 unspecified atom stereocenters. The molecule has 6 nitrogen and oxygen atoms in total. The molecular weight excluding hydrogens is 242 g/mol. The van der Waals surface area contributed by atoms with Crippen LogP contribution >= 0.6 is 0 Å². The number of aromatic nitrogens is 3. The van der Waals surface area contributed by atoms with Gasteiger partial charge in [0.1, 0.15) is 0 Å². The van der Waals surface area contributed by atoms with Crippen molar-refractivity contribution < 1.29 is 4.79 Å². The Labute approximate surface area is 109 Å². The van der Waals surface area contributed by atoms with Crippen molar-refractivity contribution in [3.05, 3.63) is 41.7 Å². The van der Waals surface area contributed by atoms with E-state index in [1.165, 1.54) is 0 Å². The van der Waals surface area contributed by atoms with Gasteiger partial charge in [0, 0.05) is 34.5 Å². The topological polar surface area (TPSA) is 99.6 Å². The fourth-order valence-electron chi connectivity index (χ4n) is 2.00. The maximum Gasteiger partial charge on any atom is 0.259 e. The van der Waals surface area contributed by atoms with Crippen LogP contribution in [0.3, 0.4) is 0 Å². The van der Waals surface area contributed by atoms with E-state index in [2.05, 4.69) is 20.5 Å². The van der Waals surface area contributed by atoms with Crippen LogP contribution in [0.25, 0.3) is 10.9 Å². The SMILES string of the molecule is Cc1cc(NC(=O)c2c[nH]c3cc(N)ccc23)n[nH]1. The monoisotopic (exact) mass is 255 g/mol. The summed E-state index contributed by atoms with van der Waals surface area (Å²) in [4.78, 5) is 15.2. The van der Waals surface area contributed by atoms with Crippen LogP contribution in [0.4, 0.5) is 11.5 Å². The maximum atomic E-state index is 12.2. The number of carbonyl (C=O) groups excluding carboxylic acids is 1. The first-order chi connectivity index (χ1) is 9.13. The summed E-state index contributed by atoms with van der Waals surface area (Å²) in [6, 6.07) is 7.16. The Balaban J connectivity index is 1.93. The number of aromatic amines is 2. The molecule has 1 aromatic carbocycles. The maximum absolute atomic E-state index is 12.2. The minimum atomic E-state index is -0.206. The molecule has 0 aliphatic carbocycles. The molecule has 0 saturated heterocycles. The molecule has 96 valence electrons. The van der Waals surface area contributed by atoms with Crippen LogP contribution in [0.5, 0.6) is 0 Å². The van der Waals surface area contributed by atoms with Gasteiger partial charge in [0.15, 0.2) is 5.82 Å². The molecule has 5 N–H and O–H groups in total. The molecule has 3 aromatic rings. The van der Waals surface area contributed by atoms with Gasteiger partial charge in [0.2, 0.25) is 0 Å². The zero-order chi connectivity index (χ0) is 13.4. The van der Waals surface area contributed by atoms with Crippen LogP contribution in [0.1, 0.15) is 16.1 Å². The van der Waals surface area contributed by atoms with E-state index >= 15 is 0 Å². The zero-order valence-electron chi connectivity index (χ0n) is 10.3. The van der Waals surface area contributed by atoms with Gasteiger partial charge in [-0.3, -0.25) is 9.89 Å². The number of amides is 1. The van der Waals surface area contributed by atoms with E-state index in [1.54, 1.807) is 24.4 Å². The first kappa shape index (κ1) is 11.3. The highest BCUT2D eigenvalue weighted by atomic mass is 16.1. The van der Waals surface area contributed by atoms with E-state index < -0.39 is 0 Å². The fraction of sp³-hybridized carbons (Fsp3) is 0.0769. The van der Waals surface area contributed by atoms with Crippen LogP contribution in [-0.2, 0) is 0 Å². The molecule has 6 heteroatoms. The number of carbonyl (C=O) groups is 1. The number of fused-ring (bicyclic) bond motifs is 1. The number of aryl methyl sites for hydroxylation is 1. The van der Waals surface area contributed by atoms with Crippen molar-refractivity contribution in [1.82, 2.24) is 15.2 Å². The zero-order valence-corrected chi connectivity index (χ0v) is 10.3. The number of nitrogens with one attached hydrogen (secondary N) is 3. The Morgan fingerprint density at radius 3 is 2.95 bits per heavy atom. The lowest BCUT2D eigenvalue weighted by Gasteiger charge is -2.00. The molecule has 0 bridgehead atoms. The van der Waals surface area contributed by atoms with E-state index in [0.717, 1.165) is 16.6 Å². The highest BCUT2D eigenvalue weighted by Crippen LogP contribution is 2.21. The van der Waals surface area contributed by atoms with Gasteiger partial charge in [-0.1, -0.05) is 0 Å². The summed E-state index contributed by atoms with van der Waals surface area (Å²) in [6.45, 7) is 1.87. The third kappa shape index (κ3) is 2.03. The second kappa shape index (κ2) is 4.16. The van der Waals surface area contributed by atoms with Crippen molar-refractivity contribution in [2.24, 2.45) is 0 Å². The van der Waals surface area contributed by atoms with Crippen molar-refractivity contribution in [3.8, 4) is 0 Å².